The number of ether oxygens (including phenoxy) is 3. The van der Waals surface area contributed by atoms with Gasteiger partial charge in [-0.1, -0.05) is 17.7 Å². The van der Waals surface area contributed by atoms with Gasteiger partial charge in [0.1, 0.15) is 23.3 Å². The van der Waals surface area contributed by atoms with Crippen molar-refractivity contribution in [3.8, 4) is 17.2 Å². The number of hydrogen-bond donors (Lipinski definition) is 3. The Hall–Kier alpha value is -2.48. The minimum Gasteiger partial charge on any atom is -0.497 e. The molecule has 2 aromatic carbocycles. The summed E-state index contributed by atoms with van der Waals surface area (Å²) in [5.41, 5.74) is 8.61. The number of amides is 1. The number of methoxy groups -OCH3 is 3. The lowest BCUT2D eigenvalue weighted by Crippen LogP contribution is -2.39. The van der Waals surface area contributed by atoms with Crippen LogP contribution in [0.15, 0.2) is 30.3 Å². The second-order valence-corrected chi connectivity index (χ2v) is 6.94. The summed E-state index contributed by atoms with van der Waals surface area (Å²) in [4.78, 5) is 12.8. The number of aryl methyl sites for hydroxylation is 1. The summed E-state index contributed by atoms with van der Waals surface area (Å²) in [6, 6.07) is 8.62. The Kier molecular flexibility index (Phi) is 6.28. The average Bonchev–Trinajstić information content (AvgIpc) is 3.20. The first-order chi connectivity index (χ1) is 13.5. The lowest BCUT2D eigenvalue weighted by Gasteiger charge is -2.16. The molecular weight excluding hydrogens is 382 g/mol. The van der Waals surface area contributed by atoms with Crippen molar-refractivity contribution in [2.24, 2.45) is 0 Å². The van der Waals surface area contributed by atoms with Crippen molar-refractivity contribution in [2.45, 2.75) is 25.4 Å². The van der Waals surface area contributed by atoms with Gasteiger partial charge in [-0.3, -0.25) is 4.79 Å². The van der Waals surface area contributed by atoms with E-state index in [0.717, 1.165) is 11.1 Å². The highest BCUT2D eigenvalue weighted by molar-refractivity contribution is 6.31. The van der Waals surface area contributed by atoms with Gasteiger partial charge in [0.2, 0.25) is 5.91 Å². The van der Waals surface area contributed by atoms with Crippen LogP contribution in [0.5, 0.6) is 17.2 Å². The van der Waals surface area contributed by atoms with Crippen LogP contribution in [0.3, 0.4) is 0 Å². The number of benzene rings is 2. The minimum absolute atomic E-state index is 0.0783. The van der Waals surface area contributed by atoms with Crippen molar-refractivity contribution in [2.75, 3.05) is 26.6 Å². The summed E-state index contributed by atoms with van der Waals surface area (Å²) in [5, 5.41) is 3.50. The molecule has 1 amide bonds. The Morgan fingerprint density at radius 1 is 1.07 bits per heavy atom. The predicted molar refractivity (Wildman–Crippen MR) is 108 cm³/mol. The van der Waals surface area contributed by atoms with E-state index in [9.17, 15) is 4.79 Å². The SMILES string of the molecule is COc1ccc(C2CC(C(=O)Nc3cc(C)c(Cl)cc3OC)NN2)c(OC)c1. The number of hydrogen-bond acceptors (Lipinski definition) is 6. The van der Waals surface area contributed by atoms with Gasteiger partial charge in [0.05, 0.1) is 33.1 Å². The number of halogens is 1. The number of hydrazine groups is 1. The molecule has 2 atom stereocenters. The molecule has 0 spiro atoms. The van der Waals surface area contributed by atoms with E-state index in [4.69, 9.17) is 25.8 Å². The molecule has 1 heterocycles. The molecule has 0 saturated carbocycles. The molecule has 0 aromatic heterocycles. The highest BCUT2D eigenvalue weighted by Crippen LogP contribution is 2.34. The summed E-state index contributed by atoms with van der Waals surface area (Å²) in [6.07, 6.45) is 0.559. The van der Waals surface area contributed by atoms with Gasteiger partial charge in [-0.2, -0.15) is 0 Å². The van der Waals surface area contributed by atoms with Crippen LogP contribution < -0.4 is 30.4 Å². The molecule has 1 saturated heterocycles. The summed E-state index contributed by atoms with van der Waals surface area (Å²) >= 11 is 6.13. The molecule has 28 heavy (non-hydrogen) atoms. The van der Waals surface area contributed by atoms with Crippen LogP contribution in [0.1, 0.15) is 23.6 Å². The van der Waals surface area contributed by atoms with Crippen molar-refractivity contribution < 1.29 is 19.0 Å². The molecular formula is C20H24ClN3O4. The molecule has 2 unspecified atom stereocenters. The number of anilines is 1. The predicted octanol–water partition coefficient (Wildman–Crippen LogP) is 3.22. The standard InChI is InChI=1S/C20H24ClN3O4/c1-11-7-16(19(28-4)9-14(11)21)22-20(25)17-10-15(23-24-17)13-6-5-12(26-2)8-18(13)27-3/h5-9,15,17,23-24H,10H2,1-4H3,(H,22,25). The van der Waals surface area contributed by atoms with E-state index in [1.165, 1.54) is 7.11 Å². The maximum atomic E-state index is 12.8. The molecule has 3 N–H and O–H groups in total. The zero-order valence-electron chi connectivity index (χ0n) is 16.3. The number of carbonyl (C=O) groups excluding carboxylic acids is 1. The lowest BCUT2D eigenvalue weighted by molar-refractivity contribution is -0.117. The van der Waals surface area contributed by atoms with Crippen LogP contribution in [0, 0.1) is 6.92 Å². The largest absolute Gasteiger partial charge is 0.497 e. The third-order valence-electron chi connectivity index (χ3n) is 4.77. The summed E-state index contributed by atoms with van der Waals surface area (Å²) < 4.78 is 16.0. The van der Waals surface area contributed by atoms with Crippen LogP contribution >= 0.6 is 11.6 Å². The smallest absolute Gasteiger partial charge is 0.243 e. The van der Waals surface area contributed by atoms with Gasteiger partial charge in [-0.05, 0) is 31.0 Å². The van der Waals surface area contributed by atoms with E-state index in [-0.39, 0.29) is 11.9 Å². The quantitative estimate of drug-likeness (QED) is 0.684. The second kappa shape index (κ2) is 8.68. The normalized spacial score (nSPS) is 18.6. The topological polar surface area (TPSA) is 80.9 Å². The van der Waals surface area contributed by atoms with Gasteiger partial charge < -0.3 is 19.5 Å². The maximum absolute atomic E-state index is 12.8. The van der Waals surface area contributed by atoms with Gasteiger partial charge >= 0.3 is 0 Å². The molecule has 0 radical (unpaired) electrons. The Labute approximate surface area is 169 Å². The van der Waals surface area contributed by atoms with Gasteiger partial charge in [0.15, 0.2) is 0 Å². The van der Waals surface area contributed by atoms with Gasteiger partial charge in [0, 0.05) is 22.7 Å². The first kappa shape index (κ1) is 20.3. The fourth-order valence-corrected chi connectivity index (χ4v) is 3.34. The zero-order valence-corrected chi connectivity index (χ0v) is 17.0. The highest BCUT2D eigenvalue weighted by Gasteiger charge is 2.32. The zero-order chi connectivity index (χ0) is 20.3. The molecule has 1 aliphatic heterocycles. The average molecular weight is 406 g/mol. The van der Waals surface area contributed by atoms with E-state index in [2.05, 4.69) is 16.2 Å². The summed E-state index contributed by atoms with van der Waals surface area (Å²) in [7, 11) is 4.76. The lowest BCUT2D eigenvalue weighted by atomic mass is 10.0. The van der Waals surface area contributed by atoms with Crippen LogP contribution in [-0.2, 0) is 4.79 Å². The molecule has 1 fully saturated rings. The fraction of sp³-hybridized carbons (Fsp3) is 0.350. The monoisotopic (exact) mass is 405 g/mol. The molecule has 8 heteroatoms. The third-order valence-corrected chi connectivity index (χ3v) is 5.18. The number of rotatable bonds is 6. The third kappa shape index (κ3) is 4.16. The summed E-state index contributed by atoms with van der Waals surface area (Å²) in [6.45, 7) is 1.87. The van der Waals surface area contributed by atoms with Crippen LogP contribution in [0.2, 0.25) is 5.02 Å². The van der Waals surface area contributed by atoms with E-state index < -0.39 is 6.04 Å². The Morgan fingerprint density at radius 3 is 2.50 bits per heavy atom. The number of nitrogens with one attached hydrogen (secondary N) is 3. The Bertz CT molecular complexity index is 875. The van der Waals surface area contributed by atoms with E-state index in [1.807, 2.05) is 25.1 Å². The van der Waals surface area contributed by atoms with Crippen molar-refractivity contribution in [3.63, 3.8) is 0 Å². The van der Waals surface area contributed by atoms with E-state index >= 15 is 0 Å². The van der Waals surface area contributed by atoms with Gasteiger partial charge in [0.25, 0.3) is 0 Å². The van der Waals surface area contributed by atoms with Gasteiger partial charge in [-0.15, -0.1) is 0 Å². The molecule has 2 aromatic rings. The van der Waals surface area contributed by atoms with Crippen LogP contribution in [0.25, 0.3) is 0 Å². The van der Waals surface area contributed by atoms with E-state index in [1.54, 1.807) is 26.4 Å². The number of carbonyl (C=O) groups is 1. The first-order valence-corrected chi connectivity index (χ1v) is 9.22. The second-order valence-electron chi connectivity index (χ2n) is 6.53. The fourth-order valence-electron chi connectivity index (χ4n) is 3.19. The van der Waals surface area contributed by atoms with Gasteiger partial charge in [-0.25, -0.2) is 10.9 Å². The summed E-state index contributed by atoms with van der Waals surface area (Å²) in [5.74, 6) is 1.77. The van der Waals surface area contributed by atoms with Crippen molar-refractivity contribution in [1.29, 1.82) is 0 Å². The minimum atomic E-state index is -0.419. The van der Waals surface area contributed by atoms with Crippen LogP contribution in [-0.4, -0.2) is 33.3 Å². The highest BCUT2D eigenvalue weighted by atomic mass is 35.5. The van der Waals surface area contributed by atoms with Crippen molar-refractivity contribution in [1.82, 2.24) is 10.9 Å². The molecule has 0 aliphatic carbocycles. The first-order valence-electron chi connectivity index (χ1n) is 8.84. The van der Waals surface area contributed by atoms with Crippen molar-refractivity contribution in [3.05, 3.63) is 46.5 Å². The Morgan fingerprint density at radius 2 is 1.82 bits per heavy atom. The Balaban J connectivity index is 1.72. The maximum Gasteiger partial charge on any atom is 0.243 e. The molecule has 0 bridgehead atoms. The van der Waals surface area contributed by atoms with Crippen molar-refractivity contribution >= 4 is 23.2 Å². The molecule has 7 nitrogen and oxygen atoms in total. The van der Waals surface area contributed by atoms with E-state index in [0.29, 0.717) is 34.4 Å². The molecule has 3 rings (SSSR count). The van der Waals surface area contributed by atoms with Crippen LogP contribution in [0.4, 0.5) is 5.69 Å². The molecule has 1 aliphatic rings. The molecule has 150 valence electrons.